The fraction of sp³-hybridized carbons (Fsp3) is 0.625. The van der Waals surface area contributed by atoms with Crippen LogP contribution in [0.4, 0.5) is 0 Å². The molecule has 0 heterocycles. The van der Waals surface area contributed by atoms with Gasteiger partial charge in [0, 0.05) is 25.2 Å². The van der Waals surface area contributed by atoms with Crippen LogP contribution in [0.5, 0.6) is 0 Å². The van der Waals surface area contributed by atoms with E-state index in [9.17, 15) is 0 Å². The average Bonchev–Trinajstić information content (AvgIpc) is 2.34. The topological polar surface area (TPSA) is 21.3 Å². The molecule has 1 atom stereocenters. The molecule has 3 heteroatoms. The Kier molecular flexibility index (Phi) is 6.84. The van der Waals surface area contributed by atoms with Crippen molar-refractivity contribution in [2.24, 2.45) is 11.3 Å². The van der Waals surface area contributed by atoms with Gasteiger partial charge in [-0.1, -0.05) is 44.5 Å². The Morgan fingerprint density at radius 3 is 2.68 bits per heavy atom. The molecule has 0 aliphatic carbocycles. The van der Waals surface area contributed by atoms with Crippen LogP contribution < -0.4 is 5.32 Å². The Bertz CT molecular complexity index is 381. The van der Waals surface area contributed by atoms with Crippen molar-refractivity contribution in [2.75, 3.05) is 26.8 Å². The third kappa shape index (κ3) is 5.52. The van der Waals surface area contributed by atoms with Gasteiger partial charge in [0.15, 0.2) is 0 Å². The van der Waals surface area contributed by atoms with Gasteiger partial charge < -0.3 is 10.1 Å². The highest BCUT2D eigenvalue weighted by Crippen LogP contribution is 2.31. The summed E-state index contributed by atoms with van der Waals surface area (Å²) in [6.45, 7) is 9.53. The molecule has 0 amide bonds. The zero-order chi connectivity index (χ0) is 14.3. The predicted octanol–water partition coefficient (Wildman–Crippen LogP) is 3.78. The first-order valence-electron chi connectivity index (χ1n) is 6.92. The summed E-state index contributed by atoms with van der Waals surface area (Å²) in [6, 6.07) is 8.17. The lowest BCUT2D eigenvalue weighted by atomic mass is 9.74. The summed E-state index contributed by atoms with van der Waals surface area (Å²) in [4.78, 5) is 0. The van der Waals surface area contributed by atoms with Crippen LogP contribution >= 0.6 is 11.6 Å². The fourth-order valence-electron chi connectivity index (χ4n) is 2.13. The molecule has 1 aromatic carbocycles. The molecule has 1 rings (SSSR count). The summed E-state index contributed by atoms with van der Waals surface area (Å²) in [5.74, 6) is 0.599. The third-order valence-corrected chi connectivity index (χ3v) is 4.14. The first kappa shape index (κ1) is 16.5. The quantitative estimate of drug-likeness (QED) is 0.733. The van der Waals surface area contributed by atoms with Crippen molar-refractivity contribution >= 4 is 11.6 Å². The molecule has 0 radical (unpaired) electrons. The maximum atomic E-state index is 6.07. The Morgan fingerprint density at radius 2 is 2.11 bits per heavy atom. The number of ether oxygens (including phenoxy) is 1. The molecule has 1 unspecified atom stereocenters. The second-order valence-electron chi connectivity index (χ2n) is 5.79. The molecule has 1 N–H and O–H groups in total. The lowest BCUT2D eigenvalue weighted by Gasteiger charge is -2.34. The van der Waals surface area contributed by atoms with Gasteiger partial charge in [0.1, 0.15) is 0 Å². The Morgan fingerprint density at radius 1 is 1.37 bits per heavy atom. The van der Waals surface area contributed by atoms with E-state index in [1.165, 1.54) is 5.56 Å². The molecule has 0 aromatic heterocycles. The van der Waals surface area contributed by atoms with Crippen LogP contribution in [-0.4, -0.2) is 26.8 Å². The van der Waals surface area contributed by atoms with Crippen molar-refractivity contribution in [3.05, 3.63) is 34.9 Å². The monoisotopic (exact) mass is 283 g/mol. The largest absolute Gasteiger partial charge is 0.383 e. The van der Waals surface area contributed by atoms with E-state index >= 15 is 0 Å². The van der Waals surface area contributed by atoms with Gasteiger partial charge in [-0.15, -0.1) is 0 Å². The minimum atomic E-state index is 0.221. The van der Waals surface area contributed by atoms with E-state index in [4.69, 9.17) is 16.3 Å². The van der Waals surface area contributed by atoms with Crippen LogP contribution in [0.15, 0.2) is 24.3 Å². The van der Waals surface area contributed by atoms with E-state index in [0.29, 0.717) is 5.92 Å². The number of hydrogen-bond donors (Lipinski definition) is 1. The summed E-state index contributed by atoms with van der Waals surface area (Å²) in [6.07, 6.45) is 1.03. The van der Waals surface area contributed by atoms with Gasteiger partial charge in [-0.2, -0.15) is 0 Å². The van der Waals surface area contributed by atoms with Crippen LogP contribution in [0.3, 0.4) is 0 Å². The van der Waals surface area contributed by atoms with Crippen LogP contribution in [0.25, 0.3) is 0 Å². The molecule has 2 nitrogen and oxygen atoms in total. The SMILES string of the molecule is COCCNCC(C)(Cc1cccc(Cl)c1)C(C)C. The fourth-order valence-corrected chi connectivity index (χ4v) is 2.35. The summed E-state index contributed by atoms with van der Waals surface area (Å²) >= 11 is 6.07. The molecule has 0 bridgehead atoms. The standard InChI is InChI=1S/C16H26ClNO/c1-13(2)16(3,12-18-8-9-19-4)11-14-6-5-7-15(17)10-14/h5-7,10,13,18H,8-9,11-12H2,1-4H3. The lowest BCUT2D eigenvalue weighted by Crippen LogP contribution is -2.39. The molecule has 19 heavy (non-hydrogen) atoms. The van der Waals surface area contributed by atoms with E-state index < -0.39 is 0 Å². The molecular weight excluding hydrogens is 258 g/mol. The van der Waals surface area contributed by atoms with Crippen molar-refractivity contribution in [1.29, 1.82) is 0 Å². The Balaban J connectivity index is 2.65. The third-order valence-electron chi connectivity index (χ3n) is 3.90. The van der Waals surface area contributed by atoms with Crippen molar-refractivity contribution in [2.45, 2.75) is 27.2 Å². The highest BCUT2D eigenvalue weighted by atomic mass is 35.5. The van der Waals surface area contributed by atoms with E-state index in [2.05, 4.69) is 38.2 Å². The first-order chi connectivity index (χ1) is 8.98. The highest BCUT2D eigenvalue weighted by Gasteiger charge is 2.28. The summed E-state index contributed by atoms with van der Waals surface area (Å²) < 4.78 is 5.07. The molecule has 0 fully saturated rings. The van der Waals surface area contributed by atoms with Crippen molar-refractivity contribution in [1.82, 2.24) is 5.32 Å². The molecule has 0 spiro atoms. The minimum Gasteiger partial charge on any atom is -0.383 e. The van der Waals surface area contributed by atoms with Gasteiger partial charge in [-0.3, -0.25) is 0 Å². The molecule has 0 saturated carbocycles. The summed E-state index contributed by atoms with van der Waals surface area (Å²) in [5.41, 5.74) is 1.52. The van der Waals surface area contributed by atoms with E-state index in [1.807, 2.05) is 12.1 Å². The Hall–Kier alpha value is -0.570. The summed E-state index contributed by atoms with van der Waals surface area (Å²) in [5, 5.41) is 4.30. The van der Waals surface area contributed by atoms with Crippen LogP contribution in [0.1, 0.15) is 26.3 Å². The first-order valence-corrected chi connectivity index (χ1v) is 7.30. The van der Waals surface area contributed by atoms with Gasteiger partial charge in [0.05, 0.1) is 6.61 Å². The maximum absolute atomic E-state index is 6.07. The molecule has 0 aliphatic rings. The zero-order valence-electron chi connectivity index (χ0n) is 12.5. The molecule has 1 aromatic rings. The van der Waals surface area contributed by atoms with Gasteiger partial charge >= 0.3 is 0 Å². The highest BCUT2D eigenvalue weighted by molar-refractivity contribution is 6.30. The number of hydrogen-bond acceptors (Lipinski definition) is 2. The van der Waals surface area contributed by atoms with Crippen molar-refractivity contribution in [3.8, 4) is 0 Å². The zero-order valence-corrected chi connectivity index (χ0v) is 13.3. The van der Waals surface area contributed by atoms with Gasteiger partial charge in [-0.25, -0.2) is 0 Å². The average molecular weight is 284 g/mol. The van der Waals surface area contributed by atoms with Gasteiger partial charge in [0.25, 0.3) is 0 Å². The van der Waals surface area contributed by atoms with Crippen molar-refractivity contribution in [3.63, 3.8) is 0 Å². The molecule has 108 valence electrons. The van der Waals surface area contributed by atoms with E-state index in [1.54, 1.807) is 7.11 Å². The lowest BCUT2D eigenvalue weighted by molar-refractivity contribution is 0.175. The molecular formula is C16H26ClNO. The van der Waals surface area contributed by atoms with Crippen LogP contribution in [0, 0.1) is 11.3 Å². The smallest absolute Gasteiger partial charge is 0.0587 e. The second-order valence-corrected chi connectivity index (χ2v) is 6.22. The minimum absolute atomic E-state index is 0.221. The van der Waals surface area contributed by atoms with E-state index in [-0.39, 0.29) is 5.41 Å². The van der Waals surface area contributed by atoms with Gasteiger partial charge in [0.2, 0.25) is 0 Å². The summed E-state index contributed by atoms with van der Waals surface area (Å²) in [7, 11) is 1.73. The number of methoxy groups -OCH3 is 1. The maximum Gasteiger partial charge on any atom is 0.0587 e. The molecule has 0 saturated heterocycles. The second kappa shape index (κ2) is 7.88. The predicted molar refractivity (Wildman–Crippen MR) is 82.8 cm³/mol. The molecule has 0 aliphatic heterocycles. The number of benzene rings is 1. The van der Waals surface area contributed by atoms with Crippen LogP contribution in [-0.2, 0) is 11.2 Å². The van der Waals surface area contributed by atoms with Gasteiger partial charge in [-0.05, 0) is 35.4 Å². The van der Waals surface area contributed by atoms with Crippen molar-refractivity contribution < 1.29 is 4.74 Å². The van der Waals surface area contributed by atoms with E-state index in [0.717, 1.165) is 31.1 Å². The normalized spacial score (nSPS) is 14.6. The number of rotatable bonds is 8. The van der Waals surface area contributed by atoms with Crippen LogP contribution in [0.2, 0.25) is 5.02 Å². The number of halogens is 1. The number of nitrogens with one attached hydrogen (secondary N) is 1. The Labute approximate surface area is 122 Å².